The van der Waals surface area contributed by atoms with Gasteiger partial charge in [0.15, 0.2) is 17.3 Å². The molecule has 0 aliphatic carbocycles. The van der Waals surface area contributed by atoms with Crippen LogP contribution < -0.4 is 9.47 Å². The van der Waals surface area contributed by atoms with Gasteiger partial charge in [0.05, 0.1) is 20.6 Å². The Bertz CT molecular complexity index is 1260. The molecule has 1 unspecified atom stereocenters. The SMILES string of the molecule is COc1ccc(CN2CC(c3noc(Cc4c[nH]c5ccccc45)n3)CC2=O)cc1OC. The molecule has 1 saturated heterocycles. The fraction of sp³-hybridized carbons (Fsp3) is 0.292. The van der Waals surface area contributed by atoms with Gasteiger partial charge < -0.3 is 23.9 Å². The molecule has 1 aliphatic heterocycles. The van der Waals surface area contributed by atoms with E-state index in [1.807, 2.05) is 47.5 Å². The van der Waals surface area contributed by atoms with E-state index in [0.29, 0.717) is 49.1 Å². The molecule has 0 saturated carbocycles. The lowest BCUT2D eigenvalue weighted by molar-refractivity contribution is -0.128. The average molecular weight is 432 g/mol. The summed E-state index contributed by atoms with van der Waals surface area (Å²) in [6.07, 6.45) is 2.89. The molecule has 1 amide bonds. The first-order valence-corrected chi connectivity index (χ1v) is 10.5. The van der Waals surface area contributed by atoms with Crippen molar-refractivity contribution < 1.29 is 18.8 Å². The van der Waals surface area contributed by atoms with E-state index >= 15 is 0 Å². The lowest BCUT2D eigenvalue weighted by Gasteiger charge is -2.17. The molecular weight excluding hydrogens is 408 g/mol. The molecule has 3 heterocycles. The summed E-state index contributed by atoms with van der Waals surface area (Å²) in [5.74, 6) is 2.44. The van der Waals surface area contributed by atoms with Gasteiger partial charge in [-0.05, 0) is 29.3 Å². The molecule has 1 aliphatic rings. The number of nitrogens with one attached hydrogen (secondary N) is 1. The van der Waals surface area contributed by atoms with Crippen molar-refractivity contribution in [1.29, 1.82) is 0 Å². The highest BCUT2D eigenvalue weighted by Crippen LogP contribution is 2.31. The number of carbonyl (C=O) groups excluding carboxylic acids is 1. The Kier molecular flexibility index (Phi) is 5.26. The standard InChI is InChI=1S/C24H24N4O4/c1-30-20-8-7-15(9-21(20)31-2)13-28-14-17(11-23(28)29)24-26-22(32-27-24)10-16-12-25-19-6-4-3-5-18(16)19/h3-9,12,17,25H,10-11,13-14H2,1-2H3. The van der Waals surface area contributed by atoms with Gasteiger partial charge in [-0.1, -0.05) is 29.4 Å². The fourth-order valence-electron chi connectivity index (χ4n) is 4.24. The molecule has 8 heteroatoms. The molecule has 1 atom stereocenters. The van der Waals surface area contributed by atoms with Gasteiger partial charge in [-0.15, -0.1) is 0 Å². The quantitative estimate of drug-likeness (QED) is 0.479. The number of benzene rings is 2. The molecule has 1 fully saturated rings. The summed E-state index contributed by atoms with van der Waals surface area (Å²) >= 11 is 0. The largest absolute Gasteiger partial charge is 0.493 e. The number of hydrogen-bond donors (Lipinski definition) is 1. The number of methoxy groups -OCH3 is 2. The Balaban J connectivity index is 1.27. The summed E-state index contributed by atoms with van der Waals surface area (Å²) in [7, 11) is 3.20. The fourth-order valence-corrected chi connectivity index (χ4v) is 4.24. The number of aromatic amines is 1. The maximum atomic E-state index is 12.6. The number of para-hydroxylation sites is 1. The summed E-state index contributed by atoms with van der Waals surface area (Å²) in [5, 5.41) is 5.32. The van der Waals surface area contributed by atoms with Crippen LogP contribution in [0.5, 0.6) is 11.5 Å². The summed E-state index contributed by atoms with van der Waals surface area (Å²) in [6, 6.07) is 13.8. The molecule has 8 nitrogen and oxygen atoms in total. The summed E-state index contributed by atoms with van der Waals surface area (Å²) < 4.78 is 16.2. The molecule has 0 bridgehead atoms. The Hall–Kier alpha value is -3.81. The van der Waals surface area contributed by atoms with Crippen molar-refractivity contribution in [2.24, 2.45) is 0 Å². The molecule has 2 aromatic carbocycles. The highest BCUT2D eigenvalue weighted by Gasteiger charge is 2.33. The summed E-state index contributed by atoms with van der Waals surface area (Å²) in [4.78, 5) is 22.3. The van der Waals surface area contributed by atoms with Crippen molar-refractivity contribution in [2.75, 3.05) is 20.8 Å². The third-order valence-corrected chi connectivity index (χ3v) is 5.90. The van der Waals surface area contributed by atoms with Crippen molar-refractivity contribution in [2.45, 2.75) is 25.3 Å². The smallest absolute Gasteiger partial charge is 0.231 e. The van der Waals surface area contributed by atoms with E-state index in [0.717, 1.165) is 22.0 Å². The third kappa shape index (κ3) is 3.79. The number of likely N-dealkylation sites (tertiary alicyclic amines) is 1. The van der Waals surface area contributed by atoms with Gasteiger partial charge in [-0.25, -0.2) is 0 Å². The number of fused-ring (bicyclic) bond motifs is 1. The van der Waals surface area contributed by atoms with E-state index in [4.69, 9.17) is 14.0 Å². The molecule has 0 spiro atoms. The Morgan fingerprint density at radius 1 is 1.16 bits per heavy atom. The number of aromatic nitrogens is 3. The Morgan fingerprint density at radius 2 is 2.00 bits per heavy atom. The minimum atomic E-state index is -0.0805. The van der Waals surface area contributed by atoms with Crippen LogP contribution in [0.4, 0.5) is 0 Å². The van der Waals surface area contributed by atoms with Gasteiger partial charge >= 0.3 is 0 Å². The minimum absolute atomic E-state index is 0.0766. The first-order valence-electron chi connectivity index (χ1n) is 10.5. The number of carbonyl (C=O) groups is 1. The molecule has 1 N–H and O–H groups in total. The van der Waals surface area contributed by atoms with Gasteiger partial charge in [0.25, 0.3) is 0 Å². The van der Waals surface area contributed by atoms with Crippen molar-refractivity contribution in [3.63, 3.8) is 0 Å². The lowest BCUT2D eigenvalue weighted by atomic mass is 10.1. The Morgan fingerprint density at radius 3 is 2.84 bits per heavy atom. The first kappa shape index (κ1) is 20.1. The zero-order chi connectivity index (χ0) is 22.1. The zero-order valence-electron chi connectivity index (χ0n) is 18.0. The van der Waals surface area contributed by atoms with Crippen LogP contribution in [0.1, 0.15) is 35.2 Å². The monoisotopic (exact) mass is 432 g/mol. The molecule has 164 valence electrons. The van der Waals surface area contributed by atoms with Crippen LogP contribution in [0.15, 0.2) is 53.2 Å². The van der Waals surface area contributed by atoms with E-state index in [1.54, 1.807) is 14.2 Å². The van der Waals surface area contributed by atoms with Gasteiger partial charge in [-0.3, -0.25) is 4.79 Å². The van der Waals surface area contributed by atoms with Crippen molar-refractivity contribution in [3.8, 4) is 11.5 Å². The third-order valence-electron chi connectivity index (χ3n) is 5.90. The molecule has 32 heavy (non-hydrogen) atoms. The van der Waals surface area contributed by atoms with E-state index in [2.05, 4.69) is 21.2 Å². The van der Waals surface area contributed by atoms with Crippen molar-refractivity contribution in [1.82, 2.24) is 20.0 Å². The second-order valence-corrected chi connectivity index (χ2v) is 7.95. The maximum absolute atomic E-state index is 12.6. The highest BCUT2D eigenvalue weighted by atomic mass is 16.5. The van der Waals surface area contributed by atoms with Gasteiger partial charge in [-0.2, -0.15) is 4.98 Å². The van der Waals surface area contributed by atoms with Crippen molar-refractivity contribution >= 4 is 16.8 Å². The zero-order valence-corrected chi connectivity index (χ0v) is 18.0. The van der Waals surface area contributed by atoms with E-state index < -0.39 is 0 Å². The normalized spacial score (nSPS) is 16.1. The van der Waals surface area contributed by atoms with Crippen LogP contribution in [-0.4, -0.2) is 46.7 Å². The predicted molar refractivity (Wildman–Crippen MR) is 118 cm³/mol. The average Bonchev–Trinajstić information content (AvgIpc) is 3.54. The predicted octanol–water partition coefficient (Wildman–Crippen LogP) is 3.68. The molecule has 0 radical (unpaired) electrons. The summed E-state index contributed by atoms with van der Waals surface area (Å²) in [5.41, 5.74) is 3.16. The van der Waals surface area contributed by atoms with Crippen LogP contribution in [0.2, 0.25) is 0 Å². The van der Waals surface area contributed by atoms with Crippen LogP contribution in [0, 0.1) is 0 Å². The van der Waals surface area contributed by atoms with Gasteiger partial charge in [0, 0.05) is 42.5 Å². The second kappa shape index (κ2) is 8.37. The molecule has 4 aromatic rings. The topological polar surface area (TPSA) is 93.5 Å². The van der Waals surface area contributed by atoms with Gasteiger partial charge in [0.1, 0.15) is 0 Å². The molecular formula is C24H24N4O4. The number of rotatable bonds is 7. The molecule has 5 rings (SSSR count). The van der Waals surface area contributed by atoms with Crippen LogP contribution in [0.25, 0.3) is 10.9 Å². The first-order chi connectivity index (χ1) is 15.6. The maximum Gasteiger partial charge on any atom is 0.231 e. The Labute approximate surface area is 185 Å². The van der Waals surface area contributed by atoms with Crippen LogP contribution >= 0.6 is 0 Å². The second-order valence-electron chi connectivity index (χ2n) is 7.95. The number of ether oxygens (including phenoxy) is 2. The van der Waals surface area contributed by atoms with Gasteiger partial charge in [0.2, 0.25) is 11.8 Å². The minimum Gasteiger partial charge on any atom is -0.493 e. The van der Waals surface area contributed by atoms with Crippen LogP contribution in [-0.2, 0) is 17.8 Å². The number of H-pyrrole nitrogens is 1. The highest BCUT2D eigenvalue weighted by molar-refractivity contribution is 5.83. The molecule has 2 aromatic heterocycles. The van der Waals surface area contributed by atoms with E-state index in [9.17, 15) is 4.79 Å². The van der Waals surface area contributed by atoms with E-state index in [1.165, 1.54) is 0 Å². The van der Waals surface area contributed by atoms with E-state index in [-0.39, 0.29) is 11.8 Å². The number of hydrogen-bond acceptors (Lipinski definition) is 6. The van der Waals surface area contributed by atoms with Crippen molar-refractivity contribution in [3.05, 3.63) is 71.5 Å². The lowest BCUT2D eigenvalue weighted by Crippen LogP contribution is -2.24. The summed E-state index contributed by atoms with van der Waals surface area (Å²) in [6.45, 7) is 1.05. The van der Waals surface area contributed by atoms with Crippen LogP contribution in [0.3, 0.4) is 0 Å². The number of nitrogens with zero attached hydrogens (tertiary/aromatic N) is 3. The number of amides is 1.